The van der Waals surface area contributed by atoms with E-state index in [4.69, 9.17) is 10.5 Å². The molecule has 0 unspecified atom stereocenters. The molecule has 0 aromatic carbocycles. The molecule has 4 heteroatoms. The molecule has 0 saturated carbocycles. The van der Waals surface area contributed by atoms with Crippen LogP contribution < -0.4 is 5.73 Å². The second-order valence-corrected chi connectivity index (χ2v) is 5.06. The number of ether oxygens (including phenoxy) is 1. The third-order valence-corrected chi connectivity index (χ3v) is 2.81. The first kappa shape index (κ1) is 10.5. The van der Waals surface area contributed by atoms with Crippen LogP contribution in [0.4, 0.5) is 5.69 Å². The summed E-state index contributed by atoms with van der Waals surface area (Å²) in [6.45, 7) is 7.12. The topological polar surface area (TPSA) is 53.1 Å². The Balaban J connectivity index is 2.01. The monoisotopic (exact) mass is 209 g/mol. The molecule has 1 aromatic heterocycles. The molecular formula is C11H19N3O. The van der Waals surface area contributed by atoms with Crippen LogP contribution in [0.5, 0.6) is 0 Å². The molecular weight excluding hydrogens is 190 g/mol. The van der Waals surface area contributed by atoms with E-state index in [0.29, 0.717) is 5.92 Å². The van der Waals surface area contributed by atoms with Crippen molar-refractivity contribution in [2.24, 2.45) is 11.3 Å². The van der Waals surface area contributed by atoms with Crippen LogP contribution in [-0.4, -0.2) is 23.0 Å². The number of hydrogen-bond acceptors (Lipinski definition) is 3. The predicted octanol–water partition coefficient (Wildman–Crippen LogP) is 1.53. The normalized spacial score (nSPS) is 19.1. The lowest BCUT2D eigenvalue weighted by Gasteiger charge is -2.42. The van der Waals surface area contributed by atoms with E-state index >= 15 is 0 Å². The molecule has 1 fully saturated rings. The zero-order valence-electron chi connectivity index (χ0n) is 9.44. The maximum atomic E-state index is 5.64. The molecule has 84 valence electrons. The van der Waals surface area contributed by atoms with E-state index in [1.165, 1.54) is 6.42 Å². The molecule has 1 aliphatic heterocycles. The average molecular weight is 209 g/mol. The van der Waals surface area contributed by atoms with Gasteiger partial charge in [-0.15, -0.1) is 0 Å². The first-order chi connectivity index (χ1) is 7.10. The summed E-state index contributed by atoms with van der Waals surface area (Å²) in [7, 11) is 0. The maximum absolute atomic E-state index is 5.64. The van der Waals surface area contributed by atoms with Crippen LogP contribution in [0.1, 0.15) is 20.3 Å². The Morgan fingerprint density at radius 3 is 2.73 bits per heavy atom. The van der Waals surface area contributed by atoms with Crippen molar-refractivity contribution < 1.29 is 4.74 Å². The molecule has 2 heterocycles. The van der Waals surface area contributed by atoms with Gasteiger partial charge in [-0.05, 0) is 12.3 Å². The summed E-state index contributed by atoms with van der Waals surface area (Å²) in [5.74, 6) is 0.696. The van der Waals surface area contributed by atoms with Gasteiger partial charge in [0, 0.05) is 11.6 Å². The number of nitrogen functional groups attached to an aromatic ring is 1. The summed E-state index contributed by atoms with van der Waals surface area (Å²) >= 11 is 0. The molecule has 1 saturated heterocycles. The Bertz CT molecular complexity index is 328. The highest BCUT2D eigenvalue weighted by atomic mass is 16.5. The molecule has 0 aliphatic carbocycles. The lowest BCUT2D eigenvalue weighted by Crippen LogP contribution is -2.46. The van der Waals surface area contributed by atoms with Crippen LogP contribution >= 0.6 is 0 Å². The second-order valence-electron chi connectivity index (χ2n) is 5.06. The Hall–Kier alpha value is -1.03. The third-order valence-electron chi connectivity index (χ3n) is 2.81. The van der Waals surface area contributed by atoms with E-state index in [-0.39, 0.29) is 5.41 Å². The Morgan fingerprint density at radius 1 is 1.60 bits per heavy atom. The van der Waals surface area contributed by atoms with Gasteiger partial charge < -0.3 is 10.5 Å². The standard InChI is InChI=1S/C11H19N3O/c1-9(2)3-11(7-15-8-11)6-14-5-10(12)4-13-14/h4-5,9H,3,6-8,12H2,1-2H3. The highest BCUT2D eigenvalue weighted by molar-refractivity contribution is 5.30. The van der Waals surface area contributed by atoms with E-state index in [1.807, 2.05) is 10.9 Å². The number of hydrogen-bond donors (Lipinski definition) is 1. The zero-order chi connectivity index (χ0) is 10.9. The van der Waals surface area contributed by atoms with Gasteiger partial charge in [0.05, 0.1) is 31.6 Å². The van der Waals surface area contributed by atoms with Crippen molar-refractivity contribution in [1.29, 1.82) is 0 Å². The van der Waals surface area contributed by atoms with Gasteiger partial charge >= 0.3 is 0 Å². The van der Waals surface area contributed by atoms with E-state index in [9.17, 15) is 0 Å². The van der Waals surface area contributed by atoms with Crippen LogP contribution in [0.2, 0.25) is 0 Å². The largest absolute Gasteiger partial charge is 0.396 e. The number of rotatable bonds is 4. The third kappa shape index (κ3) is 2.31. The fourth-order valence-corrected chi connectivity index (χ4v) is 2.34. The summed E-state index contributed by atoms with van der Waals surface area (Å²) < 4.78 is 7.28. The Morgan fingerprint density at radius 2 is 2.33 bits per heavy atom. The first-order valence-electron chi connectivity index (χ1n) is 5.45. The van der Waals surface area contributed by atoms with Gasteiger partial charge in [0.1, 0.15) is 0 Å². The minimum atomic E-state index is 0.284. The van der Waals surface area contributed by atoms with Gasteiger partial charge in [-0.25, -0.2) is 0 Å². The Labute approximate surface area is 90.4 Å². The van der Waals surface area contributed by atoms with Crippen molar-refractivity contribution in [2.45, 2.75) is 26.8 Å². The van der Waals surface area contributed by atoms with Crippen molar-refractivity contribution in [3.63, 3.8) is 0 Å². The lowest BCUT2D eigenvalue weighted by atomic mass is 9.78. The zero-order valence-corrected chi connectivity index (χ0v) is 9.44. The van der Waals surface area contributed by atoms with Crippen LogP contribution in [0.25, 0.3) is 0 Å². The van der Waals surface area contributed by atoms with Gasteiger partial charge in [-0.3, -0.25) is 4.68 Å². The van der Waals surface area contributed by atoms with Gasteiger partial charge in [0.15, 0.2) is 0 Å². The number of anilines is 1. The van der Waals surface area contributed by atoms with Gasteiger partial charge in [-0.1, -0.05) is 13.8 Å². The van der Waals surface area contributed by atoms with Crippen LogP contribution in [-0.2, 0) is 11.3 Å². The van der Waals surface area contributed by atoms with Crippen LogP contribution in [0, 0.1) is 11.3 Å². The predicted molar refractivity (Wildman–Crippen MR) is 59.3 cm³/mol. The maximum Gasteiger partial charge on any atom is 0.0719 e. The molecule has 4 nitrogen and oxygen atoms in total. The van der Waals surface area contributed by atoms with E-state index in [0.717, 1.165) is 25.4 Å². The lowest BCUT2D eigenvalue weighted by molar-refractivity contribution is -0.133. The Kier molecular flexibility index (Phi) is 2.69. The minimum Gasteiger partial charge on any atom is -0.396 e. The van der Waals surface area contributed by atoms with E-state index < -0.39 is 0 Å². The van der Waals surface area contributed by atoms with Crippen LogP contribution in [0.3, 0.4) is 0 Å². The quantitative estimate of drug-likeness (QED) is 0.818. The molecule has 1 aliphatic rings. The summed E-state index contributed by atoms with van der Waals surface area (Å²) in [4.78, 5) is 0. The molecule has 2 rings (SSSR count). The number of nitrogens with zero attached hydrogens (tertiary/aromatic N) is 2. The molecule has 0 bridgehead atoms. The van der Waals surface area contributed by atoms with Crippen molar-refractivity contribution >= 4 is 5.69 Å². The van der Waals surface area contributed by atoms with Crippen LogP contribution in [0.15, 0.2) is 12.4 Å². The van der Waals surface area contributed by atoms with Crippen molar-refractivity contribution in [3.05, 3.63) is 12.4 Å². The molecule has 2 N–H and O–H groups in total. The first-order valence-corrected chi connectivity index (χ1v) is 5.45. The molecule has 0 atom stereocenters. The fraction of sp³-hybridized carbons (Fsp3) is 0.727. The summed E-state index contributed by atoms with van der Waals surface area (Å²) in [5.41, 5.74) is 6.66. The summed E-state index contributed by atoms with van der Waals surface area (Å²) in [6.07, 6.45) is 4.77. The summed E-state index contributed by atoms with van der Waals surface area (Å²) in [6, 6.07) is 0. The number of aromatic nitrogens is 2. The SMILES string of the molecule is CC(C)CC1(Cn2cc(N)cn2)COC1. The molecule has 0 spiro atoms. The number of nitrogens with two attached hydrogens (primary N) is 1. The molecule has 1 aromatic rings. The fourth-order valence-electron chi connectivity index (χ4n) is 2.34. The van der Waals surface area contributed by atoms with Gasteiger partial charge in [0.25, 0.3) is 0 Å². The van der Waals surface area contributed by atoms with Crippen molar-refractivity contribution in [3.8, 4) is 0 Å². The second kappa shape index (κ2) is 3.85. The molecule has 0 amide bonds. The minimum absolute atomic E-state index is 0.284. The van der Waals surface area contributed by atoms with Crippen molar-refractivity contribution in [1.82, 2.24) is 9.78 Å². The molecule has 0 radical (unpaired) electrons. The van der Waals surface area contributed by atoms with Crippen molar-refractivity contribution in [2.75, 3.05) is 18.9 Å². The molecule has 15 heavy (non-hydrogen) atoms. The summed E-state index contributed by atoms with van der Waals surface area (Å²) in [5, 5.41) is 4.23. The van der Waals surface area contributed by atoms with Gasteiger partial charge in [-0.2, -0.15) is 5.10 Å². The smallest absolute Gasteiger partial charge is 0.0719 e. The van der Waals surface area contributed by atoms with Gasteiger partial charge in [0.2, 0.25) is 0 Å². The van der Waals surface area contributed by atoms with E-state index in [2.05, 4.69) is 18.9 Å². The highest BCUT2D eigenvalue weighted by Crippen LogP contribution is 2.36. The highest BCUT2D eigenvalue weighted by Gasteiger charge is 2.39. The van der Waals surface area contributed by atoms with E-state index in [1.54, 1.807) is 6.20 Å². The average Bonchev–Trinajstić information content (AvgIpc) is 2.46.